The van der Waals surface area contributed by atoms with Crippen LogP contribution in [0.2, 0.25) is 0 Å². The lowest BCUT2D eigenvalue weighted by Gasteiger charge is -2.16. The minimum Gasteiger partial charge on any atom is -0.496 e. The predicted molar refractivity (Wildman–Crippen MR) is 66.0 cm³/mol. The van der Waals surface area contributed by atoms with Gasteiger partial charge in [0, 0.05) is 5.69 Å². The van der Waals surface area contributed by atoms with Gasteiger partial charge in [0.25, 0.3) is 5.91 Å². The normalized spacial score (nSPS) is 11.9. The lowest BCUT2D eigenvalue weighted by Crippen LogP contribution is -2.37. The van der Waals surface area contributed by atoms with Crippen LogP contribution in [-0.4, -0.2) is 30.8 Å². The fourth-order valence-corrected chi connectivity index (χ4v) is 1.50. The summed E-state index contributed by atoms with van der Waals surface area (Å²) < 4.78 is 5.09. The Labute approximate surface area is 101 Å². The van der Waals surface area contributed by atoms with Crippen LogP contribution in [0.3, 0.4) is 0 Å². The number of anilines is 1. The smallest absolute Gasteiger partial charge is 0.257 e. The van der Waals surface area contributed by atoms with Crippen LogP contribution in [-0.2, 0) is 0 Å². The average Bonchev–Trinajstić information content (AvgIpc) is 2.35. The Morgan fingerprint density at radius 3 is 2.82 bits per heavy atom. The first-order valence-electron chi connectivity index (χ1n) is 5.48. The highest BCUT2D eigenvalue weighted by atomic mass is 16.5. The van der Waals surface area contributed by atoms with E-state index >= 15 is 0 Å². The van der Waals surface area contributed by atoms with Gasteiger partial charge in [0.15, 0.2) is 0 Å². The summed E-state index contributed by atoms with van der Waals surface area (Å²) in [4.78, 5) is 12.0. The maximum absolute atomic E-state index is 12.0. The van der Waals surface area contributed by atoms with Crippen molar-refractivity contribution in [2.75, 3.05) is 19.5 Å². The van der Waals surface area contributed by atoms with E-state index in [4.69, 9.17) is 15.6 Å². The molecule has 4 N–H and O–H groups in total. The van der Waals surface area contributed by atoms with Gasteiger partial charge in [0.1, 0.15) is 11.3 Å². The van der Waals surface area contributed by atoms with E-state index in [1.165, 1.54) is 7.11 Å². The molecule has 0 unspecified atom stereocenters. The third-order valence-corrected chi connectivity index (χ3v) is 2.55. The molecule has 0 heterocycles. The van der Waals surface area contributed by atoms with Crippen molar-refractivity contribution in [2.24, 2.45) is 0 Å². The molecule has 1 atom stereocenters. The minimum atomic E-state index is -0.333. The zero-order valence-corrected chi connectivity index (χ0v) is 10.1. The van der Waals surface area contributed by atoms with Crippen LogP contribution in [0.25, 0.3) is 0 Å². The third-order valence-electron chi connectivity index (χ3n) is 2.55. The Morgan fingerprint density at radius 2 is 2.29 bits per heavy atom. The molecular weight excluding hydrogens is 220 g/mol. The Morgan fingerprint density at radius 1 is 1.59 bits per heavy atom. The van der Waals surface area contributed by atoms with Crippen LogP contribution in [0.1, 0.15) is 23.7 Å². The summed E-state index contributed by atoms with van der Waals surface area (Å²) in [7, 11) is 1.48. The molecule has 1 amide bonds. The summed E-state index contributed by atoms with van der Waals surface area (Å²) in [5.41, 5.74) is 6.42. The summed E-state index contributed by atoms with van der Waals surface area (Å²) in [6.45, 7) is 1.78. The van der Waals surface area contributed by atoms with Crippen molar-refractivity contribution in [3.8, 4) is 5.75 Å². The first kappa shape index (κ1) is 13.3. The molecule has 0 spiro atoms. The molecule has 5 nitrogen and oxygen atoms in total. The molecule has 0 bridgehead atoms. The number of amides is 1. The van der Waals surface area contributed by atoms with E-state index in [1.807, 2.05) is 6.92 Å². The summed E-state index contributed by atoms with van der Waals surface area (Å²) in [5.74, 6) is 0.0937. The summed E-state index contributed by atoms with van der Waals surface area (Å²) in [6.07, 6.45) is 0.650. The fraction of sp³-hybridized carbons (Fsp3) is 0.417. The van der Waals surface area contributed by atoms with E-state index in [9.17, 15) is 4.79 Å². The number of rotatable bonds is 5. The van der Waals surface area contributed by atoms with Crippen LogP contribution < -0.4 is 15.8 Å². The van der Waals surface area contributed by atoms with E-state index in [1.54, 1.807) is 18.2 Å². The highest BCUT2D eigenvalue weighted by Gasteiger charge is 2.18. The molecule has 0 saturated carbocycles. The molecule has 17 heavy (non-hydrogen) atoms. The maximum Gasteiger partial charge on any atom is 0.257 e. The Hall–Kier alpha value is -1.75. The number of hydrogen-bond donors (Lipinski definition) is 3. The van der Waals surface area contributed by atoms with E-state index in [0.29, 0.717) is 23.4 Å². The van der Waals surface area contributed by atoms with E-state index in [-0.39, 0.29) is 18.6 Å². The number of benzene rings is 1. The fourth-order valence-electron chi connectivity index (χ4n) is 1.50. The van der Waals surface area contributed by atoms with Gasteiger partial charge in [-0.25, -0.2) is 0 Å². The topological polar surface area (TPSA) is 84.6 Å². The number of carbonyl (C=O) groups is 1. The number of carbonyl (C=O) groups excluding carboxylic acids is 1. The summed E-state index contributed by atoms with van der Waals surface area (Å²) in [5, 5.41) is 11.7. The number of hydrogen-bond acceptors (Lipinski definition) is 4. The van der Waals surface area contributed by atoms with Gasteiger partial charge in [0.05, 0.1) is 19.8 Å². The molecule has 5 heteroatoms. The lowest BCUT2D eigenvalue weighted by molar-refractivity contribution is 0.0913. The van der Waals surface area contributed by atoms with Crippen molar-refractivity contribution >= 4 is 11.6 Å². The Balaban J connectivity index is 2.95. The highest BCUT2D eigenvalue weighted by molar-refractivity contribution is 6.02. The molecule has 0 saturated heterocycles. The Bertz CT molecular complexity index is 389. The molecule has 1 aromatic rings. The van der Waals surface area contributed by atoms with Crippen molar-refractivity contribution in [1.82, 2.24) is 5.32 Å². The number of aliphatic hydroxyl groups excluding tert-OH is 1. The molecule has 0 aliphatic heterocycles. The second-order valence-electron chi connectivity index (χ2n) is 3.69. The van der Waals surface area contributed by atoms with Crippen molar-refractivity contribution in [2.45, 2.75) is 19.4 Å². The van der Waals surface area contributed by atoms with Crippen LogP contribution in [0.15, 0.2) is 18.2 Å². The van der Waals surface area contributed by atoms with Crippen molar-refractivity contribution in [3.63, 3.8) is 0 Å². The van der Waals surface area contributed by atoms with Gasteiger partial charge in [-0.15, -0.1) is 0 Å². The zero-order valence-electron chi connectivity index (χ0n) is 10.1. The SMILES string of the molecule is CC[C@H](CO)NC(=O)c1c(N)cccc1OC. The van der Waals surface area contributed by atoms with E-state index in [0.717, 1.165) is 0 Å². The first-order valence-corrected chi connectivity index (χ1v) is 5.48. The van der Waals surface area contributed by atoms with Crippen molar-refractivity contribution < 1.29 is 14.6 Å². The van der Waals surface area contributed by atoms with Crippen LogP contribution >= 0.6 is 0 Å². The molecular formula is C12H18N2O3. The third kappa shape index (κ3) is 3.10. The number of aliphatic hydroxyl groups is 1. The molecule has 1 aromatic carbocycles. The number of nitrogen functional groups attached to an aromatic ring is 1. The molecule has 94 valence electrons. The van der Waals surface area contributed by atoms with E-state index in [2.05, 4.69) is 5.32 Å². The van der Waals surface area contributed by atoms with Gasteiger partial charge < -0.3 is 20.9 Å². The standard InChI is InChI=1S/C12H18N2O3/c1-3-8(7-15)14-12(16)11-9(13)5-4-6-10(11)17-2/h4-6,8,15H,3,7,13H2,1-2H3,(H,14,16)/t8-/m1/s1. The highest BCUT2D eigenvalue weighted by Crippen LogP contribution is 2.23. The van der Waals surface area contributed by atoms with Gasteiger partial charge in [-0.2, -0.15) is 0 Å². The molecule has 0 aliphatic rings. The predicted octanol–water partition coefficient (Wildman–Crippen LogP) is 0.778. The van der Waals surface area contributed by atoms with Gasteiger partial charge in [-0.3, -0.25) is 4.79 Å². The molecule has 0 fully saturated rings. The van der Waals surface area contributed by atoms with Gasteiger partial charge >= 0.3 is 0 Å². The maximum atomic E-state index is 12.0. The first-order chi connectivity index (χ1) is 8.13. The second-order valence-corrected chi connectivity index (χ2v) is 3.69. The van der Waals surface area contributed by atoms with Gasteiger partial charge in [-0.05, 0) is 18.6 Å². The zero-order chi connectivity index (χ0) is 12.8. The number of nitrogens with one attached hydrogen (secondary N) is 1. The quantitative estimate of drug-likeness (QED) is 0.662. The molecule has 0 radical (unpaired) electrons. The number of ether oxygens (including phenoxy) is 1. The van der Waals surface area contributed by atoms with Crippen LogP contribution in [0, 0.1) is 0 Å². The van der Waals surface area contributed by atoms with Crippen molar-refractivity contribution in [1.29, 1.82) is 0 Å². The largest absolute Gasteiger partial charge is 0.496 e. The van der Waals surface area contributed by atoms with Gasteiger partial charge in [0.2, 0.25) is 0 Å². The molecule has 1 rings (SSSR count). The lowest BCUT2D eigenvalue weighted by atomic mass is 10.1. The number of nitrogens with two attached hydrogens (primary N) is 1. The van der Waals surface area contributed by atoms with Gasteiger partial charge in [-0.1, -0.05) is 13.0 Å². The van der Waals surface area contributed by atoms with E-state index < -0.39 is 0 Å². The summed E-state index contributed by atoms with van der Waals surface area (Å²) >= 11 is 0. The summed E-state index contributed by atoms with van der Waals surface area (Å²) in [6, 6.07) is 4.75. The monoisotopic (exact) mass is 238 g/mol. The Kier molecular flexibility index (Phi) is 4.78. The van der Waals surface area contributed by atoms with Crippen LogP contribution in [0.5, 0.6) is 5.75 Å². The molecule has 0 aromatic heterocycles. The van der Waals surface area contributed by atoms with Crippen LogP contribution in [0.4, 0.5) is 5.69 Å². The second kappa shape index (κ2) is 6.10. The minimum absolute atomic E-state index is 0.0999. The van der Waals surface area contributed by atoms with Crippen molar-refractivity contribution in [3.05, 3.63) is 23.8 Å². The molecule has 0 aliphatic carbocycles. The number of methoxy groups -OCH3 is 1. The average molecular weight is 238 g/mol.